The number of carbonyl (C=O) groups is 1. The maximum absolute atomic E-state index is 12.3. The van der Waals surface area contributed by atoms with Crippen LogP contribution in [0.15, 0.2) is 18.2 Å². The standard InChI is InChI=1S/C15H23N3O3/c1-5-11(6-2)10(3)17-15(19)12-8-7-9-13(16-4)14(12)18(20)21/h7-11,16H,5-6H2,1-4H3,(H,17,19). The average molecular weight is 293 g/mol. The van der Waals surface area contributed by atoms with E-state index in [0.717, 1.165) is 12.8 Å². The van der Waals surface area contributed by atoms with Gasteiger partial charge in [-0.25, -0.2) is 0 Å². The number of hydrogen-bond donors (Lipinski definition) is 2. The Morgan fingerprint density at radius 2 is 1.95 bits per heavy atom. The van der Waals surface area contributed by atoms with Crippen molar-refractivity contribution < 1.29 is 9.72 Å². The molecule has 1 rings (SSSR count). The van der Waals surface area contributed by atoms with E-state index in [4.69, 9.17) is 0 Å². The molecule has 1 atom stereocenters. The molecule has 21 heavy (non-hydrogen) atoms. The lowest BCUT2D eigenvalue weighted by atomic mass is 9.95. The van der Waals surface area contributed by atoms with Crippen LogP contribution in [0, 0.1) is 16.0 Å². The summed E-state index contributed by atoms with van der Waals surface area (Å²) in [6.45, 7) is 6.07. The van der Waals surface area contributed by atoms with E-state index in [2.05, 4.69) is 24.5 Å². The normalized spacial score (nSPS) is 12.0. The van der Waals surface area contributed by atoms with Crippen molar-refractivity contribution in [3.8, 4) is 0 Å². The van der Waals surface area contributed by atoms with Gasteiger partial charge in [-0.3, -0.25) is 14.9 Å². The SMILES string of the molecule is CCC(CC)C(C)NC(=O)c1cccc(NC)c1[N+](=O)[O-]. The molecule has 1 unspecified atom stereocenters. The van der Waals surface area contributed by atoms with E-state index >= 15 is 0 Å². The number of hydrogen-bond acceptors (Lipinski definition) is 4. The second kappa shape index (κ2) is 7.61. The molecular weight excluding hydrogens is 270 g/mol. The first-order chi connectivity index (χ1) is 9.96. The van der Waals surface area contributed by atoms with Gasteiger partial charge in [-0.05, 0) is 25.0 Å². The third kappa shape index (κ3) is 3.93. The Balaban J connectivity index is 3.05. The number of para-hydroxylation sites is 1. The highest BCUT2D eigenvalue weighted by molar-refractivity contribution is 6.00. The molecule has 0 saturated carbocycles. The van der Waals surface area contributed by atoms with E-state index in [1.165, 1.54) is 6.07 Å². The maximum atomic E-state index is 12.3. The molecule has 1 amide bonds. The molecule has 0 aliphatic heterocycles. The summed E-state index contributed by atoms with van der Waals surface area (Å²) in [7, 11) is 1.59. The van der Waals surface area contributed by atoms with E-state index < -0.39 is 10.8 Å². The van der Waals surface area contributed by atoms with Gasteiger partial charge in [-0.15, -0.1) is 0 Å². The van der Waals surface area contributed by atoms with Gasteiger partial charge in [0.15, 0.2) is 0 Å². The molecule has 0 heterocycles. The molecule has 0 aliphatic rings. The molecule has 1 aromatic rings. The van der Waals surface area contributed by atoms with Gasteiger partial charge in [-0.2, -0.15) is 0 Å². The van der Waals surface area contributed by atoms with Gasteiger partial charge >= 0.3 is 5.69 Å². The number of carbonyl (C=O) groups excluding carboxylic acids is 1. The molecule has 0 radical (unpaired) electrons. The van der Waals surface area contributed by atoms with Gasteiger partial charge < -0.3 is 10.6 Å². The number of benzene rings is 1. The van der Waals surface area contributed by atoms with Crippen molar-refractivity contribution in [1.82, 2.24) is 5.32 Å². The van der Waals surface area contributed by atoms with Crippen LogP contribution in [0.25, 0.3) is 0 Å². The molecule has 0 bridgehead atoms. The second-order valence-corrected chi connectivity index (χ2v) is 5.05. The van der Waals surface area contributed by atoms with Crippen molar-refractivity contribution in [2.45, 2.75) is 39.7 Å². The lowest BCUT2D eigenvalue weighted by Gasteiger charge is -2.22. The Labute approximate surface area is 125 Å². The molecule has 0 fully saturated rings. The number of nitro groups is 1. The number of anilines is 1. The first-order valence-electron chi connectivity index (χ1n) is 7.22. The summed E-state index contributed by atoms with van der Waals surface area (Å²) in [4.78, 5) is 23.0. The Bertz CT molecular complexity index is 513. The Morgan fingerprint density at radius 1 is 1.33 bits per heavy atom. The van der Waals surface area contributed by atoms with Crippen molar-refractivity contribution in [2.75, 3.05) is 12.4 Å². The Morgan fingerprint density at radius 3 is 2.43 bits per heavy atom. The quantitative estimate of drug-likeness (QED) is 0.597. The largest absolute Gasteiger partial charge is 0.383 e. The summed E-state index contributed by atoms with van der Waals surface area (Å²) in [5.74, 6) is -0.0429. The van der Waals surface area contributed by atoms with E-state index in [-0.39, 0.29) is 17.3 Å². The molecule has 0 aliphatic carbocycles. The summed E-state index contributed by atoms with van der Waals surface area (Å²) < 4.78 is 0. The monoisotopic (exact) mass is 293 g/mol. The van der Waals surface area contributed by atoms with Crippen LogP contribution >= 0.6 is 0 Å². The highest BCUT2D eigenvalue weighted by atomic mass is 16.6. The average Bonchev–Trinajstić information content (AvgIpc) is 2.47. The van der Waals surface area contributed by atoms with Crippen molar-refractivity contribution in [3.63, 3.8) is 0 Å². The fourth-order valence-electron chi connectivity index (χ4n) is 2.52. The second-order valence-electron chi connectivity index (χ2n) is 5.05. The van der Waals surface area contributed by atoms with Gasteiger partial charge in [0.05, 0.1) is 4.92 Å². The van der Waals surface area contributed by atoms with Crippen LogP contribution in [0.3, 0.4) is 0 Å². The van der Waals surface area contributed by atoms with Crippen molar-refractivity contribution in [2.24, 2.45) is 5.92 Å². The van der Waals surface area contributed by atoms with E-state index in [0.29, 0.717) is 11.6 Å². The molecule has 0 spiro atoms. The topological polar surface area (TPSA) is 84.3 Å². The number of nitro benzene ring substituents is 1. The zero-order chi connectivity index (χ0) is 16.0. The lowest BCUT2D eigenvalue weighted by molar-refractivity contribution is -0.384. The molecule has 2 N–H and O–H groups in total. The predicted octanol–water partition coefficient (Wildman–Crippen LogP) is 3.19. The van der Waals surface area contributed by atoms with Crippen LogP contribution in [-0.4, -0.2) is 23.9 Å². The zero-order valence-electron chi connectivity index (χ0n) is 13.0. The fraction of sp³-hybridized carbons (Fsp3) is 0.533. The Kier molecular flexibility index (Phi) is 6.14. The van der Waals surface area contributed by atoms with E-state index in [9.17, 15) is 14.9 Å². The van der Waals surface area contributed by atoms with Crippen LogP contribution in [0.2, 0.25) is 0 Å². The van der Waals surface area contributed by atoms with E-state index in [1.807, 2.05) is 6.92 Å². The fourth-order valence-corrected chi connectivity index (χ4v) is 2.52. The molecule has 116 valence electrons. The molecule has 0 saturated heterocycles. The minimum Gasteiger partial charge on any atom is -0.383 e. The van der Waals surface area contributed by atoms with Crippen molar-refractivity contribution in [3.05, 3.63) is 33.9 Å². The number of rotatable bonds is 7. The molecule has 0 aromatic heterocycles. The Hall–Kier alpha value is -2.11. The molecular formula is C15H23N3O3. The van der Waals surface area contributed by atoms with Crippen LogP contribution in [0.1, 0.15) is 44.0 Å². The van der Waals surface area contributed by atoms with E-state index in [1.54, 1.807) is 19.2 Å². The van der Waals surface area contributed by atoms with Crippen molar-refractivity contribution in [1.29, 1.82) is 0 Å². The van der Waals surface area contributed by atoms with Gasteiger partial charge in [0, 0.05) is 13.1 Å². The van der Waals surface area contributed by atoms with Gasteiger partial charge in [-0.1, -0.05) is 32.8 Å². The minimum atomic E-state index is -0.525. The highest BCUT2D eigenvalue weighted by Crippen LogP contribution is 2.28. The van der Waals surface area contributed by atoms with Crippen molar-refractivity contribution >= 4 is 17.3 Å². The summed E-state index contributed by atoms with van der Waals surface area (Å²) in [5.41, 5.74) is 0.238. The van der Waals surface area contributed by atoms with Crippen LogP contribution in [0.5, 0.6) is 0 Å². The first kappa shape index (κ1) is 16.9. The third-order valence-corrected chi connectivity index (χ3v) is 3.85. The number of amides is 1. The summed E-state index contributed by atoms with van der Waals surface area (Å²) in [6, 6.07) is 4.67. The van der Waals surface area contributed by atoms with Crippen LogP contribution in [0.4, 0.5) is 11.4 Å². The zero-order valence-corrected chi connectivity index (χ0v) is 13.0. The maximum Gasteiger partial charge on any atom is 0.305 e. The van der Waals surface area contributed by atoms with Gasteiger partial charge in [0.1, 0.15) is 11.3 Å². The summed E-state index contributed by atoms with van der Waals surface area (Å²) >= 11 is 0. The molecule has 6 heteroatoms. The van der Waals surface area contributed by atoms with Gasteiger partial charge in [0.25, 0.3) is 5.91 Å². The highest BCUT2D eigenvalue weighted by Gasteiger charge is 2.25. The molecule has 1 aromatic carbocycles. The lowest BCUT2D eigenvalue weighted by Crippen LogP contribution is -2.38. The number of nitrogens with one attached hydrogen (secondary N) is 2. The minimum absolute atomic E-state index is 0.0228. The van der Waals surface area contributed by atoms with Crippen LogP contribution in [-0.2, 0) is 0 Å². The molecule has 6 nitrogen and oxygen atoms in total. The van der Waals surface area contributed by atoms with Gasteiger partial charge in [0.2, 0.25) is 0 Å². The first-order valence-corrected chi connectivity index (χ1v) is 7.22. The summed E-state index contributed by atoms with van der Waals surface area (Å²) in [5, 5.41) is 16.8. The predicted molar refractivity (Wildman–Crippen MR) is 83.6 cm³/mol. The third-order valence-electron chi connectivity index (χ3n) is 3.85. The summed E-state index contributed by atoms with van der Waals surface area (Å²) in [6.07, 6.45) is 1.91. The van der Waals surface area contributed by atoms with Crippen LogP contribution < -0.4 is 10.6 Å². The smallest absolute Gasteiger partial charge is 0.305 e. The number of nitrogens with zero attached hydrogens (tertiary/aromatic N) is 1.